The van der Waals surface area contributed by atoms with Gasteiger partial charge in [0.1, 0.15) is 11.3 Å². The molecule has 2 nitrogen and oxygen atoms in total. The molecule has 0 aliphatic carbocycles. The zero-order chi connectivity index (χ0) is 15.0. The van der Waals surface area contributed by atoms with Crippen LogP contribution in [0, 0.1) is 13.8 Å². The van der Waals surface area contributed by atoms with Crippen molar-refractivity contribution >= 4 is 32.6 Å². The first-order chi connectivity index (χ1) is 10.1. The molecular formula is C18H18BrNO. The van der Waals surface area contributed by atoms with Crippen molar-refractivity contribution in [2.75, 3.05) is 5.32 Å². The lowest BCUT2D eigenvalue weighted by molar-refractivity contribution is 0.522. The molecular weight excluding hydrogens is 326 g/mol. The zero-order valence-electron chi connectivity index (χ0n) is 12.4. The lowest BCUT2D eigenvalue weighted by Crippen LogP contribution is -2.08. The number of halogens is 1. The van der Waals surface area contributed by atoms with Crippen molar-refractivity contribution in [1.82, 2.24) is 0 Å². The molecule has 0 amide bonds. The number of fused-ring (bicyclic) bond motifs is 1. The SMILES string of the molecule is Cc1c(Br)cccc1NC(C)c1oc2ccccc2c1C. The smallest absolute Gasteiger partial charge is 0.134 e. The Morgan fingerprint density at radius 3 is 2.52 bits per heavy atom. The van der Waals surface area contributed by atoms with Crippen LogP contribution in [-0.4, -0.2) is 0 Å². The van der Waals surface area contributed by atoms with Crippen molar-refractivity contribution in [3.05, 3.63) is 63.8 Å². The third kappa shape index (κ3) is 2.58. The minimum Gasteiger partial charge on any atom is -0.459 e. The van der Waals surface area contributed by atoms with E-state index in [0.29, 0.717) is 0 Å². The topological polar surface area (TPSA) is 25.2 Å². The van der Waals surface area contributed by atoms with Crippen molar-refractivity contribution in [2.45, 2.75) is 26.8 Å². The van der Waals surface area contributed by atoms with Crippen LogP contribution in [0.1, 0.15) is 29.9 Å². The van der Waals surface area contributed by atoms with Gasteiger partial charge in [0.15, 0.2) is 0 Å². The first-order valence-electron chi connectivity index (χ1n) is 7.07. The quantitative estimate of drug-likeness (QED) is 0.632. The molecule has 21 heavy (non-hydrogen) atoms. The minimum atomic E-state index is 0.116. The number of benzene rings is 2. The zero-order valence-corrected chi connectivity index (χ0v) is 14.0. The number of para-hydroxylation sites is 1. The van der Waals surface area contributed by atoms with E-state index in [2.05, 4.69) is 60.2 Å². The van der Waals surface area contributed by atoms with Gasteiger partial charge in [-0.1, -0.05) is 40.2 Å². The predicted octanol–water partition coefficient (Wildman–Crippen LogP) is 5.99. The number of anilines is 1. The summed E-state index contributed by atoms with van der Waals surface area (Å²) in [7, 11) is 0. The predicted molar refractivity (Wildman–Crippen MR) is 91.9 cm³/mol. The summed E-state index contributed by atoms with van der Waals surface area (Å²) < 4.78 is 7.14. The Balaban J connectivity index is 1.95. The Hall–Kier alpha value is -1.74. The van der Waals surface area contributed by atoms with E-state index in [1.807, 2.05) is 24.3 Å². The summed E-state index contributed by atoms with van der Waals surface area (Å²) in [6, 6.07) is 14.5. The molecule has 0 fully saturated rings. The fourth-order valence-corrected chi connectivity index (χ4v) is 3.04. The summed E-state index contributed by atoms with van der Waals surface area (Å²) in [4.78, 5) is 0. The Labute approximate surface area is 133 Å². The Bertz CT molecular complexity index is 791. The normalized spacial score (nSPS) is 12.6. The molecule has 0 saturated carbocycles. The molecule has 1 aromatic heterocycles. The van der Waals surface area contributed by atoms with Crippen molar-refractivity contribution in [3.63, 3.8) is 0 Å². The van der Waals surface area contributed by atoms with Gasteiger partial charge in [-0.3, -0.25) is 0 Å². The van der Waals surface area contributed by atoms with Gasteiger partial charge >= 0.3 is 0 Å². The van der Waals surface area contributed by atoms with E-state index in [9.17, 15) is 0 Å². The van der Waals surface area contributed by atoms with Crippen LogP contribution < -0.4 is 5.32 Å². The minimum absolute atomic E-state index is 0.116. The van der Waals surface area contributed by atoms with Crippen molar-refractivity contribution in [2.24, 2.45) is 0 Å². The van der Waals surface area contributed by atoms with Crippen LogP contribution >= 0.6 is 15.9 Å². The Morgan fingerprint density at radius 2 is 1.76 bits per heavy atom. The number of aryl methyl sites for hydroxylation is 1. The van der Waals surface area contributed by atoms with E-state index >= 15 is 0 Å². The van der Waals surface area contributed by atoms with Crippen LogP contribution in [0.2, 0.25) is 0 Å². The average Bonchev–Trinajstić information content (AvgIpc) is 2.82. The van der Waals surface area contributed by atoms with Gasteiger partial charge in [0.05, 0.1) is 6.04 Å². The standard InChI is InChI=1S/C18H18BrNO/c1-11-14-7-4-5-10-17(14)21-18(11)13(3)20-16-9-6-8-15(19)12(16)2/h4-10,13,20H,1-3H3. The third-order valence-corrected chi connectivity index (χ3v) is 4.77. The summed E-state index contributed by atoms with van der Waals surface area (Å²) in [6.07, 6.45) is 0. The summed E-state index contributed by atoms with van der Waals surface area (Å²) in [5, 5.41) is 4.73. The highest BCUT2D eigenvalue weighted by Crippen LogP contribution is 2.32. The van der Waals surface area contributed by atoms with Crippen LogP contribution in [0.25, 0.3) is 11.0 Å². The highest BCUT2D eigenvalue weighted by Gasteiger charge is 2.17. The van der Waals surface area contributed by atoms with Gasteiger partial charge < -0.3 is 9.73 Å². The fourth-order valence-electron chi connectivity index (χ4n) is 2.67. The molecule has 3 rings (SSSR count). The van der Waals surface area contributed by atoms with E-state index in [-0.39, 0.29) is 6.04 Å². The first kappa shape index (κ1) is 14.2. The highest BCUT2D eigenvalue weighted by molar-refractivity contribution is 9.10. The first-order valence-corrected chi connectivity index (χ1v) is 7.87. The second-order valence-corrected chi connectivity index (χ2v) is 6.22. The number of nitrogens with one attached hydrogen (secondary N) is 1. The van der Waals surface area contributed by atoms with Gasteiger partial charge in [-0.25, -0.2) is 0 Å². The van der Waals surface area contributed by atoms with Crippen LogP contribution in [0.3, 0.4) is 0 Å². The number of rotatable bonds is 3. The van der Waals surface area contributed by atoms with Gasteiger partial charge in [0.25, 0.3) is 0 Å². The van der Waals surface area contributed by atoms with Crippen molar-refractivity contribution in [1.29, 1.82) is 0 Å². The Kier molecular flexibility index (Phi) is 3.77. The van der Waals surface area contributed by atoms with Crippen molar-refractivity contribution in [3.8, 4) is 0 Å². The van der Waals surface area contributed by atoms with Gasteiger partial charge in [0.2, 0.25) is 0 Å². The van der Waals surface area contributed by atoms with Gasteiger partial charge in [-0.05, 0) is 44.5 Å². The lowest BCUT2D eigenvalue weighted by atomic mass is 10.1. The molecule has 1 unspecified atom stereocenters. The maximum absolute atomic E-state index is 6.03. The Morgan fingerprint density at radius 1 is 1.00 bits per heavy atom. The number of hydrogen-bond donors (Lipinski definition) is 1. The molecule has 0 aliphatic rings. The van der Waals surface area contributed by atoms with Gasteiger partial charge in [-0.15, -0.1) is 0 Å². The molecule has 0 aliphatic heterocycles. The van der Waals surface area contributed by atoms with E-state index < -0.39 is 0 Å². The van der Waals surface area contributed by atoms with E-state index in [0.717, 1.165) is 21.5 Å². The molecule has 2 aromatic carbocycles. The largest absolute Gasteiger partial charge is 0.459 e. The number of furan rings is 1. The third-order valence-electron chi connectivity index (χ3n) is 3.91. The second kappa shape index (κ2) is 5.57. The van der Waals surface area contributed by atoms with Crippen molar-refractivity contribution < 1.29 is 4.42 Å². The maximum atomic E-state index is 6.03. The van der Waals surface area contributed by atoms with E-state index in [1.54, 1.807) is 0 Å². The van der Waals surface area contributed by atoms with Gasteiger partial charge in [-0.2, -0.15) is 0 Å². The molecule has 1 heterocycles. The molecule has 0 radical (unpaired) electrons. The molecule has 1 N–H and O–H groups in total. The molecule has 3 heteroatoms. The summed E-state index contributed by atoms with van der Waals surface area (Å²) in [5.41, 5.74) is 4.48. The monoisotopic (exact) mass is 343 g/mol. The molecule has 0 spiro atoms. The lowest BCUT2D eigenvalue weighted by Gasteiger charge is -2.16. The molecule has 0 bridgehead atoms. The van der Waals surface area contributed by atoms with Crippen LogP contribution in [0.4, 0.5) is 5.69 Å². The van der Waals surface area contributed by atoms with Gasteiger partial charge in [0, 0.05) is 21.1 Å². The summed E-state index contributed by atoms with van der Waals surface area (Å²) >= 11 is 3.57. The van der Waals surface area contributed by atoms with Crippen LogP contribution in [0.5, 0.6) is 0 Å². The second-order valence-electron chi connectivity index (χ2n) is 5.37. The summed E-state index contributed by atoms with van der Waals surface area (Å²) in [5.74, 6) is 0.996. The fraction of sp³-hybridized carbons (Fsp3) is 0.222. The molecule has 108 valence electrons. The van der Waals surface area contributed by atoms with E-state index in [1.165, 1.54) is 16.5 Å². The average molecular weight is 344 g/mol. The van der Waals surface area contributed by atoms with E-state index in [4.69, 9.17) is 4.42 Å². The highest BCUT2D eigenvalue weighted by atomic mass is 79.9. The molecule has 3 aromatic rings. The number of hydrogen-bond acceptors (Lipinski definition) is 2. The van der Waals surface area contributed by atoms with Crippen LogP contribution in [-0.2, 0) is 0 Å². The van der Waals surface area contributed by atoms with Crippen LogP contribution in [0.15, 0.2) is 51.4 Å². The maximum Gasteiger partial charge on any atom is 0.134 e. The molecule has 0 saturated heterocycles. The molecule has 1 atom stereocenters. The summed E-state index contributed by atoms with van der Waals surface area (Å²) in [6.45, 7) is 6.35.